The summed E-state index contributed by atoms with van der Waals surface area (Å²) in [5.41, 5.74) is 0. The van der Waals surface area contributed by atoms with Crippen LogP contribution in [0, 0.1) is 0 Å². The molecule has 2 N–H and O–H groups in total. The number of piperazine rings is 1. The van der Waals surface area contributed by atoms with Gasteiger partial charge in [0.1, 0.15) is 0 Å². The fourth-order valence-electron chi connectivity index (χ4n) is 1.96. The Morgan fingerprint density at radius 2 is 2.20 bits per heavy atom. The molecule has 0 unspecified atom stereocenters. The molecule has 1 atom stereocenters. The van der Waals surface area contributed by atoms with Crippen molar-refractivity contribution in [3.63, 3.8) is 0 Å². The molecule has 7 nitrogen and oxygen atoms in total. The molecule has 0 saturated carbocycles. The maximum atomic E-state index is 12.2. The fraction of sp³-hybridized carbons (Fsp3) is 0.545. The first-order valence-corrected chi connectivity index (χ1v) is 7.49. The van der Waals surface area contributed by atoms with E-state index in [2.05, 4.69) is 10.0 Å². The number of sulfonamides is 1. The molecule has 20 heavy (non-hydrogen) atoms. The van der Waals surface area contributed by atoms with Crippen molar-refractivity contribution in [3.05, 3.63) is 17.9 Å². The molecule has 0 aromatic carbocycles. The number of halogens is 1. The second-order valence-corrected chi connectivity index (χ2v) is 6.20. The van der Waals surface area contributed by atoms with Crippen molar-refractivity contribution < 1.29 is 17.6 Å². The van der Waals surface area contributed by atoms with Crippen LogP contribution in [0.2, 0.25) is 0 Å². The van der Waals surface area contributed by atoms with E-state index < -0.39 is 10.0 Å². The predicted octanol–water partition coefficient (Wildman–Crippen LogP) is 0.0434. The minimum atomic E-state index is -3.65. The second-order valence-electron chi connectivity index (χ2n) is 4.38. The number of amides is 1. The molecule has 1 fully saturated rings. The third-order valence-electron chi connectivity index (χ3n) is 3.09. The van der Waals surface area contributed by atoms with Crippen LogP contribution >= 0.6 is 12.4 Å². The highest BCUT2D eigenvalue weighted by atomic mass is 35.5. The summed E-state index contributed by atoms with van der Waals surface area (Å²) in [6.07, 6.45) is 0. The number of rotatable bonds is 3. The zero-order chi connectivity index (χ0) is 14.0. The van der Waals surface area contributed by atoms with Gasteiger partial charge in [0.05, 0.1) is 0 Å². The van der Waals surface area contributed by atoms with E-state index in [-0.39, 0.29) is 35.2 Å². The monoisotopic (exact) mass is 323 g/mol. The molecule has 1 aromatic rings. The molecule has 1 aliphatic heterocycles. The van der Waals surface area contributed by atoms with Gasteiger partial charge >= 0.3 is 0 Å². The van der Waals surface area contributed by atoms with E-state index in [0.717, 1.165) is 6.54 Å². The minimum absolute atomic E-state index is 0. The number of carbonyl (C=O) groups excluding carboxylic acids is 1. The summed E-state index contributed by atoms with van der Waals surface area (Å²) in [6.45, 7) is 3.94. The largest absolute Gasteiger partial charge is 0.438 e. The van der Waals surface area contributed by atoms with Crippen LogP contribution in [0.15, 0.2) is 21.6 Å². The van der Waals surface area contributed by atoms with Gasteiger partial charge in [0.25, 0.3) is 15.9 Å². The number of nitrogens with one attached hydrogen (secondary N) is 2. The highest BCUT2D eigenvalue weighted by Gasteiger charge is 2.27. The first kappa shape index (κ1) is 17.0. The van der Waals surface area contributed by atoms with Crippen LogP contribution in [-0.2, 0) is 10.0 Å². The quantitative estimate of drug-likeness (QED) is 0.819. The Morgan fingerprint density at radius 1 is 1.50 bits per heavy atom. The van der Waals surface area contributed by atoms with Crippen LogP contribution in [0.3, 0.4) is 0 Å². The van der Waals surface area contributed by atoms with Gasteiger partial charge < -0.3 is 14.6 Å². The molecule has 0 bridgehead atoms. The maximum absolute atomic E-state index is 12.2. The molecule has 1 aliphatic rings. The number of hydrogen-bond donors (Lipinski definition) is 2. The van der Waals surface area contributed by atoms with Gasteiger partial charge in [-0.2, -0.15) is 0 Å². The van der Waals surface area contributed by atoms with Gasteiger partial charge in [-0.25, -0.2) is 13.1 Å². The fourth-order valence-corrected chi connectivity index (χ4v) is 2.61. The lowest BCUT2D eigenvalue weighted by Gasteiger charge is -2.33. The lowest BCUT2D eigenvalue weighted by Crippen LogP contribution is -2.52. The number of furan rings is 1. The van der Waals surface area contributed by atoms with Crippen molar-refractivity contribution in [2.45, 2.75) is 18.1 Å². The molecule has 1 amide bonds. The summed E-state index contributed by atoms with van der Waals surface area (Å²) in [5.74, 6) is -0.242. The van der Waals surface area contributed by atoms with Crippen LogP contribution in [0.25, 0.3) is 0 Å². The maximum Gasteiger partial charge on any atom is 0.289 e. The van der Waals surface area contributed by atoms with Crippen LogP contribution < -0.4 is 10.0 Å². The molecule has 2 heterocycles. The van der Waals surface area contributed by atoms with Crippen LogP contribution in [0.5, 0.6) is 0 Å². The van der Waals surface area contributed by atoms with Crippen LogP contribution in [0.1, 0.15) is 17.5 Å². The average Bonchev–Trinajstić information content (AvgIpc) is 2.89. The minimum Gasteiger partial charge on any atom is -0.438 e. The Balaban J connectivity index is 0.00000200. The third kappa shape index (κ3) is 3.32. The van der Waals surface area contributed by atoms with Crippen molar-refractivity contribution in [1.82, 2.24) is 14.9 Å². The molecule has 114 valence electrons. The van der Waals surface area contributed by atoms with Crippen LogP contribution in [-0.4, -0.2) is 51.9 Å². The summed E-state index contributed by atoms with van der Waals surface area (Å²) in [7, 11) is -2.37. The molecule has 0 aliphatic carbocycles. The van der Waals surface area contributed by atoms with Gasteiger partial charge in [-0.3, -0.25) is 4.79 Å². The summed E-state index contributed by atoms with van der Waals surface area (Å²) in [5, 5.41) is 2.93. The van der Waals surface area contributed by atoms with Gasteiger partial charge in [-0.1, -0.05) is 0 Å². The second kappa shape index (κ2) is 6.57. The number of carbonyl (C=O) groups is 1. The average molecular weight is 324 g/mol. The molecule has 2 rings (SSSR count). The molecular formula is C11H18ClN3O4S. The summed E-state index contributed by atoms with van der Waals surface area (Å²) in [6, 6.07) is 2.73. The standard InChI is InChI=1S/C11H17N3O4S.ClH/c1-8-7-13-5-6-14(8)11(15)9-3-4-10(18-9)19(16,17)12-2;/h3-4,8,12-13H,5-7H2,1-2H3;1H/t8-;/m0./s1. The van der Waals surface area contributed by atoms with Gasteiger partial charge in [0.15, 0.2) is 5.76 Å². The van der Waals surface area contributed by atoms with Gasteiger partial charge in [-0.05, 0) is 26.1 Å². The van der Waals surface area contributed by atoms with Gasteiger partial charge in [0, 0.05) is 25.7 Å². The van der Waals surface area contributed by atoms with Crippen molar-refractivity contribution in [2.24, 2.45) is 0 Å². The molecule has 0 radical (unpaired) electrons. The van der Waals surface area contributed by atoms with Crippen molar-refractivity contribution in [2.75, 3.05) is 26.7 Å². The molecule has 0 spiro atoms. The van der Waals surface area contributed by atoms with Crippen molar-refractivity contribution in [3.8, 4) is 0 Å². The lowest BCUT2D eigenvalue weighted by molar-refractivity contribution is 0.0617. The van der Waals surface area contributed by atoms with Gasteiger partial charge in [-0.15, -0.1) is 12.4 Å². The summed E-state index contributed by atoms with van der Waals surface area (Å²) >= 11 is 0. The van der Waals surface area contributed by atoms with E-state index in [1.54, 1.807) is 4.90 Å². The van der Waals surface area contributed by atoms with Crippen molar-refractivity contribution >= 4 is 28.3 Å². The van der Waals surface area contributed by atoms with E-state index in [9.17, 15) is 13.2 Å². The Bertz CT molecular complexity index is 572. The molecule has 1 aromatic heterocycles. The summed E-state index contributed by atoms with van der Waals surface area (Å²) in [4.78, 5) is 13.9. The van der Waals surface area contributed by atoms with E-state index in [0.29, 0.717) is 13.1 Å². The van der Waals surface area contributed by atoms with Crippen molar-refractivity contribution in [1.29, 1.82) is 0 Å². The van der Waals surface area contributed by atoms with Gasteiger partial charge in [0.2, 0.25) is 5.09 Å². The molecule has 1 saturated heterocycles. The predicted molar refractivity (Wildman–Crippen MR) is 75.6 cm³/mol. The van der Waals surface area contributed by atoms with E-state index in [1.807, 2.05) is 6.92 Å². The Kier molecular flexibility index (Phi) is 5.58. The number of nitrogens with zero attached hydrogens (tertiary/aromatic N) is 1. The molecule has 9 heteroatoms. The van der Waals surface area contributed by atoms with Crippen LogP contribution in [0.4, 0.5) is 0 Å². The summed E-state index contributed by atoms with van der Waals surface area (Å²) < 4.78 is 30.4. The smallest absolute Gasteiger partial charge is 0.289 e. The first-order valence-electron chi connectivity index (χ1n) is 6.01. The third-order valence-corrected chi connectivity index (χ3v) is 4.37. The zero-order valence-electron chi connectivity index (χ0n) is 11.3. The number of hydrogen-bond acceptors (Lipinski definition) is 5. The topological polar surface area (TPSA) is 91.7 Å². The Labute approximate surface area is 124 Å². The SMILES string of the molecule is CNS(=O)(=O)c1ccc(C(=O)N2CCNC[C@@H]2C)o1.Cl. The van der Waals surface area contributed by atoms with E-state index in [4.69, 9.17) is 4.42 Å². The highest BCUT2D eigenvalue weighted by Crippen LogP contribution is 2.17. The Morgan fingerprint density at radius 3 is 2.80 bits per heavy atom. The highest BCUT2D eigenvalue weighted by molar-refractivity contribution is 7.89. The Hall–Kier alpha value is -1.09. The normalized spacial score (nSPS) is 19.5. The first-order chi connectivity index (χ1) is 8.95. The zero-order valence-corrected chi connectivity index (χ0v) is 12.9. The lowest BCUT2D eigenvalue weighted by atomic mass is 10.2. The molecular weight excluding hydrogens is 306 g/mol. The van der Waals surface area contributed by atoms with E-state index >= 15 is 0 Å². The van der Waals surface area contributed by atoms with E-state index in [1.165, 1.54) is 19.2 Å².